The van der Waals surface area contributed by atoms with E-state index in [1.807, 2.05) is 38.1 Å². The van der Waals surface area contributed by atoms with Crippen LogP contribution in [0.5, 0.6) is 5.75 Å². The summed E-state index contributed by atoms with van der Waals surface area (Å²) in [5, 5.41) is 0. The van der Waals surface area contributed by atoms with Crippen LogP contribution in [0.4, 0.5) is 0 Å². The molecule has 0 bridgehead atoms. The van der Waals surface area contributed by atoms with Gasteiger partial charge in [0.2, 0.25) is 0 Å². The average molecular weight is 377 g/mol. The van der Waals surface area contributed by atoms with Crippen molar-refractivity contribution in [3.63, 3.8) is 0 Å². The largest absolute Gasteiger partial charge is 0.491 e. The van der Waals surface area contributed by atoms with Crippen molar-refractivity contribution in [3.8, 4) is 5.75 Å². The van der Waals surface area contributed by atoms with Gasteiger partial charge in [0.25, 0.3) is 0 Å². The molecule has 0 amide bonds. The summed E-state index contributed by atoms with van der Waals surface area (Å²) in [6.45, 7) is 4.67. The van der Waals surface area contributed by atoms with Crippen LogP contribution >= 0.6 is 15.9 Å². The minimum Gasteiger partial charge on any atom is -0.491 e. The van der Waals surface area contributed by atoms with Gasteiger partial charge in [-0.3, -0.25) is 4.79 Å². The highest BCUT2D eigenvalue weighted by Crippen LogP contribution is 2.23. The van der Waals surface area contributed by atoms with Gasteiger partial charge in [-0.2, -0.15) is 0 Å². The van der Waals surface area contributed by atoms with Crippen molar-refractivity contribution in [2.24, 2.45) is 0 Å². The first-order valence-corrected chi connectivity index (χ1v) is 8.44. The second-order valence-electron chi connectivity index (χ2n) is 5.57. The first kappa shape index (κ1) is 17.7. The summed E-state index contributed by atoms with van der Waals surface area (Å²) in [6, 6.07) is 15.5. The first-order valence-electron chi connectivity index (χ1n) is 7.65. The van der Waals surface area contributed by atoms with Crippen molar-refractivity contribution in [1.82, 2.24) is 0 Å². The molecule has 0 fully saturated rings. The molecule has 2 rings (SSSR count). The number of ether oxygens (including phenoxy) is 2. The van der Waals surface area contributed by atoms with Crippen molar-refractivity contribution in [2.45, 2.75) is 39.1 Å². The van der Waals surface area contributed by atoms with Crippen LogP contribution in [-0.4, -0.2) is 18.5 Å². The Morgan fingerprint density at radius 1 is 1.09 bits per heavy atom. The summed E-state index contributed by atoms with van der Waals surface area (Å²) >= 11 is 3.36. The van der Waals surface area contributed by atoms with Crippen LogP contribution in [0.25, 0.3) is 0 Å². The number of aldehydes is 1. The lowest BCUT2D eigenvalue weighted by Crippen LogP contribution is -2.20. The average Bonchev–Trinajstić information content (AvgIpc) is 2.54. The number of benzene rings is 2. The smallest absolute Gasteiger partial charge is 0.151 e. The molecule has 0 aliphatic rings. The van der Waals surface area contributed by atoms with E-state index >= 15 is 0 Å². The van der Waals surface area contributed by atoms with E-state index in [-0.39, 0.29) is 12.2 Å². The molecule has 4 heteroatoms. The molecule has 23 heavy (non-hydrogen) atoms. The lowest BCUT2D eigenvalue weighted by molar-refractivity contribution is 0.0241. The Labute approximate surface area is 145 Å². The summed E-state index contributed by atoms with van der Waals surface area (Å²) in [6.07, 6.45) is 1.73. The van der Waals surface area contributed by atoms with Gasteiger partial charge in [0.1, 0.15) is 5.75 Å². The Balaban J connectivity index is 1.80. The topological polar surface area (TPSA) is 35.5 Å². The molecule has 122 valence electrons. The molecule has 2 aromatic rings. The molecule has 0 N–H and O–H groups in total. The van der Waals surface area contributed by atoms with Gasteiger partial charge in [0, 0.05) is 16.5 Å². The summed E-state index contributed by atoms with van der Waals surface area (Å²) in [5.41, 5.74) is 1.78. The lowest BCUT2D eigenvalue weighted by Gasteiger charge is -2.20. The minimum atomic E-state index is 0.0229. The van der Waals surface area contributed by atoms with Crippen LogP contribution in [0, 0.1) is 0 Å². The molecular formula is C19H21BrO3. The monoisotopic (exact) mass is 376 g/mol. The van der Waals surface area contributed by atoms with Crippen LogP contribution in [0.2, 0.25) is 0 Å². The molecule has 2 aromatic carbocycles. The first-order chi connectivity index (χ1) is 11.1. The third-order valence-corrected chi connectivity index (χ3v) is 4.16. The third kappa shape index (κ3) is 5.81. The Bertz CT molecular complexity index is 628. The van der Waals surface area contributed by atoms with Gasteiger partial charge in [-0.15, -0.1) is 0 Å². The SMILES string of the molecule is CC(CC(C)Oc1ccc(C=O)c(Br)c1)OCc1ccccc1. The highest BCUT2D eigenvalue weighted by atomic mass is 79.9. The number of halogens is 1. The summed E-state index contributed by atoms with van der Waals surface area (Å²) in [7, 11) is 0. The normalized spacial score (nSPS) is 13.3. The highest BCUT2D eigenvalue weighted by molar-refractivity contribution is 9.10. The molecule has 0 aliphatic carbocycles. The maximum absolute atomic E-state index is 10.8. The maximum Gasteiger partial charge on any atom is 0.151 e. The van der Waals surface area contributed by atoms with E-state index in [9.17, 15) is 4.79 Å². The van der Waals surface area contributed by atoms with E-state index in [2.05, 4.69) is 28.1 Å². The predicted octanol–water partition coefficient (Wildman–Crippen LogP) is 5.02. The van der Waals surface area contributed by atoms with Crippen molar-refractivity contribution >= 4 is 22.2 Å². The van der Waals surface area contributed by atoms with Gasteiger partial charge < -0.3 is 9.47 Å². The van der Waals surface area contributed by atoms with E-state index in [1.54, 1.807) is 12.1 Å². The van der Waals surface area contributed by atoms with Gasteiger partial charge in [-0.1, -0.05) is 30.3 Å². The number of rotatable bonds is 8. The van der Waals surface area contributed by atoms with Crippen LogP contribution < -0.4 is 4.74 Å². The fourth-order valence-corrected chi connectivity index (χ4v) is 2.76. The Kier molecular flexibility index (Phi) is 6.81. The maximum atomic E-state index is 10.8. The van der Waals surface area contributed by atoms with Crippen LogP contribution in [0.1, 0.15) is 36.2 Å². The molecule has 0 radical (unpaired) electrons. The van der Waals surface area contributed by atoms with Crippen molar-refractivity contribution < 1.29 is 14.3 Å². The van der Waals surface area contributed by atoms with Gasteiger partial charge in [-0.25, -0.2) is 0 Å². The van der Waals surface area contributed by atoms with Gasteiger partial charge in [0.05, 0.1) is 18.8 Å². The summed E-state index contributed by atoms with van der Waals surface area (Å²) in [5.74, 6) is 0.741. The van der Waals surface area contributed by atoms with Crippen molar-refractivity contribution in [2.75, 3.05) is 0 Å². The molecule has 2 unspecified atom stereocenters. The van der Waals surface area contributed by atoms with Gasteiger partial charge in [-0.05, 0) is 53.5 Å². The second-order valence-corrected chi connectivity index (χ2v) is 6.43. The van der Waals surface area contributed by atoms with Crippen LogP contribution in [0.15, 0.2) is 53.0 Å². The highest BCUT2D eigenvalue weighted by Gasteiger charge is 2.12. The van der Waals surface area contributed by atoms with E-state index in [1.165, 1.54) is 5.56 Å². The van der Waals surface area contributed by atoms with Crippen molar-refractivity contribution in [3.05, 3.63) is 64.1 Å². The minimum absolute atomic E-state index is 0.0229. The quantitative estimate of drug-likeness (QED) is 0.606. The summed E-state index contributed by atoms with van der Waals surface area (Å²) < 4.78 is 12.5. The zero-order chi connectivity index (χ0) is 16.7. The van der Waals surface area contributed by atoms with Crippen molar-refractivity contribution in [1.29, 1.82) is 0 Å². The van der Waals surface area contributed by atoms with E-state index in [0.717, 1.165) is 22.9 Å². The molecule has 3 nitrogen and oxygen atoms in total. The standard InChI is InChI=1S/C19H21BrO3/c1-14(22-13-16-6-4-3-5-7-16)10-15(2)23-18-9-8-17(12-21)19(20)11-18/h3-9,11-12,14-15H,10,13H2,1-2H3. The molecular weight excluding hydrogens is 356 g/mol. The Morgan fingerprint density at radius 2 is 1.83 bits per heavy atom. The number of carbonyl (C=O) groups is 1. The molecule has 0 heterocycles. The summed E-state index contributed by atoms with van der Waals surface area (Å²) in [4.78, 5) is 10.8. The number of hydrogen-bond acceptors (Lipinski definition) is 3. The molecule has 0 aliphatic heterocycles. The fourth-order valence-electron chi connectivity index (χ4n) is 2.31. The number of hydrogen-bond donors (Lipinski definition) is 0. The molecule has 0 saturated heterocycles. The van der Waals surface area contributed by atoms with E-state index in [0.29, 0.717) is 12.2 Å². The number of carbonyl (C=O) groups excluding carboxylic acids is 1. The lowest BCUT2D eigenvalue weighted by atomic mass is 10.2. The van der Waals surface area contributed by atoms with Gasteiger partial charge in [0.15, 0.2) is 6.29 Å². The third-order valence-electron chi connectivity index (χ3n) is 3.48. The van der Waals surface area contributed by atoms with Crippen LogP contribution in [-0.2, 0) is 11.3 Å². The Morgan fingerprint density at radius 3 is 2.48 bits per heavy atom. The van der Waals surface area contributed by atoms with E-state index < -0.39 is 0 Å². The zero-order valence-electron chi connectivity index (χ0n) is 13.4. The van der Waals surface area contributed by atoms with E-state index in [4.69, 9.17) is 9.47 Å². The zero-order valence-corrected chi connectivity index (χ0v) is 15.0. The molecule has 0 saturated carbocycles. The molecule has 0 spiro atoms. The van der Waals surface area contributed by atoms with Crippen LogP contribution in [0.3, 0.4) is 0 Å². The molecule has 2 atom stereocenters. The second kappa shape index (κ2) is 8.85. The molecule has 0 aromatic heterocycles. The Hall–Kier alpha value is -1.65. The van der Waals surface area contributed by atoms with Gasteiger partial charge >= 0.3 is 0 Å². The predicted molar refractivity (Wildman–Crippen MR) is 94.9 cm³/mol. The fraction of sp³-hybridized carbons (Fsp3) is 0.316.